The van der Waals surface area contributed by atoms with Crippen molar-refractivity contribution in [3.8, 4) is 0 Å². The summed E-state index contributed by atoms with van der Waals surface area (Å²) in [6.07, 6.45) is -0.754. The predicted octanol–water partition coefficient (Wildman–Crippen LogP) is -0.166. The van der Waals surface area contributed by atoms with E-state index < -0.39 is 6.10 Å². The first kappa shape index (κ1) is 13.1. The Labute approximate surface area is 95.8 Å². The van der Waals surface area contributed by atoms with Crippen LogP contribution in [0.4, 0.5) is 0 Å². The second kappa shape index (κ2) is 7.35. The van der Waals surface area contributed by atoms with Crippen LogP contribution in [0.25, 0.3) is 0 Å². The Morgan fingerprint density at radius 3 is 2.38 bits per heavy atom. The molecule has 0 aliphatic rings. The van der Waals surface area contributed by atoms with E-state index in [4.69, 9.17) is 10.2 Å². The molecule has 0 heterocycles. The van der Waals surface area contributed by atoms with Crippen molar-refractivity contribution in [1.29, 1.82) is 0 Å². The molecule has 90 valence electrons. The Kier molecular flexibility index (Phi) is 6.03. The highest BCUT2D eigenvalue weighted by atomic mass is 16.3. The molecule has 0 saturated heterocycles. The highest BCUT2D eigenvalue weighted by Crippen LogP contribution is 2.04. The predicted molar refractivity (Wildman–Crippen MR) is 61.9 cm³/mol. The van der Waals surface area contributed by atoms with E-state index >= 15 is 0 Å². The molecule has 1 aromatic rings. The zero-order valence-corrected chi connectivity index (χ0v) is 9.29. The number of benzene rings is 1. The monoisotopic (exact) mass is 225 g/mol. The van der Waals surface area contributed by atoms with E-state index in [1.54, 1.807) is 0 Å². The molecular weight excluding hydrogens is 206 g/mol. The number of aliphatic hydroxyl groups is 3. The smallest absolute Gasteiger partial charge is 0.0897 e. The minimum Gasteiger partial charge on any atom is -0.395 e. The normalized spacial score (nSPS) is 13.0. The Hall–Kier alpha value is -0.940. The van der Waals surface area contributed by atoms with Gasteiger partial charge < -0.3 is 15.3 Å². The van der Waals surface area contributed by atoms with Gasteiger partial charge >= 0.3 is 0 Å². The number of hydrogen-bond donors (Lipinski definition) is 3. The lowest BCUT2D eigenvalue weighted by atomic mass is 10.2. The first-order valence-electron chi connectivity index (χ1n) is 5.42. The van der Waals surface area contributed by atoms with Crippen molar-refractivity contribution in [1.82, 2.24) is 4.90 Å². The van der Waals surface area contributed by atoms with Crippen molar-refractivity contribution in [2.45, 2.75) is 12.6 Å². The molecule has 0 aromatic heterocycles. The quantitative estimate of drug-likeness (QED) is 0.603. The van der Waals surface area contributed by atoms with E-state index in [0.29, 0.717) is 19.6 Å². The van der Waals surface area contributed by atoms with Gasteiger partial charge in [0.15, 0.2) is 0 Å². The number of hydrogen-bond acceptors (Lipinski definition) is 4. The maximum atomic E-state index is 9.36. The molecule has 1 aromatic carbocycles. The molecule has 4 heteroatoms. The van der Waals surface area contributed by atoms with E-state index in [1.165, 1.54) is 0 Å². The fourth-order valence-electron chi connectivity index (χ4n) is 1.57. The average molecular weight is 225 g/mol. The minimum atomic E-state index is -0.754. The first-order chi connectivity index (χ1) is 7.76. The molecule has 0 aliphatic carbocycles. The highest BCUT2D eigenvalue weighted by molar-refractivity contribution is 5.14. The maximum Gasteiger partial charge on any atom is 0.0897 e. The van der Waals surface area contributed by atoms with E-state index in [9.17, 15) is 5.11 Å². The van der Waals surface area contributed by atoms with Crippen LogP contribution in [-0.2, 0) is 6.54 Å². The van der Waals surface area contributed by atoms with Crippen molar-refractivity contribution in [3.63, 3.8) is 0 Å². The van der Waals surface area contributed by atoms with Crippen LogP contribution < -0.4 is 0 Å². The lowest BCUT2D eigenvalue weighted by Gasteiger charge is -2.23. The van der Waals surface area contributed by atoms with Crippen molar-refractivity contribution in [2.75, 3.05) is 26.3 Å². The summed E-state index contributed by atoms with van der Waals surface area (Å²) in [5.74, 6) is 0. The number of aliphatic hydroxyl groups excluding tert-OH is 3. The van der Waals surface area contributed by atoms with Crippen molar-refractivity contribution in [2.24, 2.45) is 0 Å². The molecule has 16 heavy (non-hydrogen) atoms. The summed E-state index contributed by atoms with van der Waals surface area (Å²) in [4.78, 5) is 1.91. The Bertz CT molecular complexity index is 279. The van der Waals surface area contributed by atoms with E-state index in [2.05, 4.69) is 0 Å². The Morgan fingerprint density at radius 1 is 1.12 bits per heavy atom. The standard InChI is InChI=1S/C12H19NO3/c14-7-6-13(9-12(16)10-15)8-11-4-2-1-3-5-11/h1-5,12,14-16H,6-10H2. The first-order valence-corrected chi connectivity index (χ1v) is 5.42. The summed E-state index contributed by atoms with van der Waals surface area (Å²) < 4.78 is 0. The molecule has 1 atom stereocenters. The van der Waals surface area contributed by atoms with Gasteiger partial charge in [0.05, 0.1) is 19.3 Å². The fourth-order valence-corrected chi connectivity index (χ4v) is 1.57. The molecule has 4 nitrogen and oxygen atoms in total. The summed E-state index contributed by atoms with van der Waals surface area (Å²) >= 11 is 0. The summed E-state index contributed by atoms with van der Waals surface area (Å²) in [7, 11) is 0. The van der Waals surface area contributed by atoms with Crippen molar-refractivity contribution in [3.05, 3.63) is 35.9 Å². The molecule has 0 fully saturated rings. The topological polar surface area (TPSA) is 63.9 Å². The molecule has 0 spiro atoms. The van der Waals surface area contributed by atoms with Crippen LogP contribution in [0.15, 0.2) is 30.3 Å². The van der Waals surface area contributed by atoms with Crippen LogP contribution in [0.3, 0.4) is 0 Å². The van der Waals surface area contributed by atoms with Gasteiger partial charge in [0.1, 0.15) is 0 Å². The van der Waals surface area contributed by atoms with Crippen LogP contribution in [-0.4, -0.2) is 52.6 Å². The van der Waals surface area contributed by atoms with Gasteiger partial charge in [-0.25, -0.2) is 0 Å². The zero-order valence-electron chi connectivity index (χ0n) is 9.29. The molecule has 1 unspecified atom stereocenters. The van der Waals surface area contributed by atoms with Crippen molar-refractivity contribution >= 4 is 0 Å². The lowest BCUT2D eigenvalue weighted by molar-refractivity contribution is 0.0509. The summed E-state index contributed by atoms with van der Waals surface area (Å²) in [5.41, 5.74) is 1.13. The SMILES string of the molecule is OCCN(Cc1ccccc1)CC(O)CO. The van der Waals surface area contributed by atoms with Crippen LogP contribution in [0, 0.1) is 0 Å². The molecule has 0 saturated carbocycles. The molecule has 3 N–H and O–H groups in total. The number of nitrogens with zero attached hydrogens (tertiary/aromatic N) is 1. The third-order valence-electron chi connectivity index (χ3n) is 2.34. The third kappa shape index (κ3) is 4.72. The molecule has 1 rings (SSSR count). The van der Waals surface area contributed by atoms with Crippen LogP contribution in [0.2, 0.25) is 0 Å². The molecular formula is C12H19NO3. The van der Waals surface area contributed by atoms with Gasteiger partial charge in [-0.3, -0.25) is 4.90 Å². The van der Waals surface area contributed by atoms with Gasteiger partial charge in [0, 0.05) is 19.6 Å². The summed E-state index contributed by atoms with van der Waals surface area (Å²) in [6.45, 7) is 1.32. The zero-order chi connectivity index (χ0) is 11.8. The lowest BCUT2D eigenvalue weighted by Crippen LogP contribution is -2.35. The molecule has 0 amide bonds. The third-order valence-corrected chi connectivity index (χ3v) is 2.34. The van der Waals surface area contributed by atoms with E-state index in [-0.39, 0.29) is 13.2 Å². The minimum absolute atomic E-state index is 0.0466. The Balaban J connectivity index is 2.50. The van der Waals surface area contributed by atoms with Gasteiger partial charge in [-0.15, -0.1) is 0 Å². The highest BCUT2D eigenvalue weighted by Gasteiger charge is 2.10. The largest absolute Gasteiger partial charge is 0.395 e. The fraction of sp³-hybridized carbons (Fsp3) is 0.500. The van der Waals surface area contributed by atoms with Gasteiger partial charge in [-0.2, -0.15) is 0 Å². The summed E-state index contributed by atoms with van der Waals surface area (Å²) in [5, 5.41) is 27.1. The number of rotatable bonds is 7. The maximum absolute atomic E-state index is 9.36. The molecule has 0 bridgehead atoms. The van der Waals surface area contributed by atoms with E-state index in [0.717, 1.165) is 5.56 Å². The molecule has 0 aliphatic heterocycles. The summed E-state index contributed by atoms with van der Waals surface area (Å²) in [6, 6.07) is 9.84. The van der Waals surface area contributed by atoms with Gasteiger partial charge in [-0.1, -0.05) is 30.3 Å². The van der Waals surface area contributed by atoms with Gasteiger partial charge in [0.2, 0.25) is 0 Å². The van der Waals surface area contributed by atoms with Crippen LogP contribution in [0.1, 0.15) is 5.56 Å². The van der Waals surface area contributed by atoms with Gasteiger partial charge in [-0.05, 0) is 5.56 Å². The average Bonchev–Trinajstić information content (AvgIpc) is 2.30. The second-order valence-corrected chi connectivity index (χ2v) is 3.78. The molecule has 0 radical (unpaired) electrons. The van der Waals surface area contributed by atoms with E-state index in [1.807, 2.05) is 35.2 Å². The van der Waals surface area contributed by atoms with Crippen LogP contribution >= 0.6 is 0 Å². The second-order valence-electron chi connectivity index (χ2n) is 3.78. The van der Waals surface area contributed by atoms with Gasteiger partial charge in [0.25, 0.3) is 0 Å². The van der Waals surface area contributed by atoms with Crippen molar-refractivity contribution < 1.29 is 15.3 Å². The van der Waals surface area contributed by atoms with Crippen LogP contribution in [0.5, 0.6) is 0 Å². The Morgan fingerprint density at radius 2 is 1.81 bits per heavy atom.